The molecule has 1 heterocycles. The van der Waals surface area contributed by atoms with Crippen LogP contribution in [0.4, 0.5) is 0 Å². The summed E-state index contributed by atoms with van der Waals surface area (Å²) in [6.07, 6.45) is 7.02. The van der Waals surface area contributed by atoms with E-state index in [-0.39, 0.29) is 0 Å². The van der Waals surface area contributed by atoms with E-state index in [1.807, 2.05) is 6.07 Å². The quantitative estimate of drug-likeness (QED) is 0.683. The lowest BCUT2D eigenvalue weighted by atomic mass is 10.1. The van der Waals surface area contributed by atoms with Crippen molar-refractivity contribution in [2.75, 3.05) is 13.1 Å². The van der Waals surface area contributed by atoms with Gasteiger partial charge in [0.1, 0.15) is 5.76 Å². The average molecular weight is 250 g/mol. The molecule has 1 aromatic heterocycles. The van der Waals surface area contributed by atoms with Crippen LogP contribution in [0.5, 0.6) is 0 Å². The molecule has 0 aliphatic heterocycles. The minimum atomic E-state index is 0.654. The van der Waals surface area contributed by atoms with Gasteiger partial charge >= 0.3 is 0 Å². The van der Waals surface area contributed by atoms with Gasteiger partial charge < -0.3 is 9.73 Å². The van der Waals surface area contributed by atoms with E-state index in [2.05, 4.69) is 30.1 Å². The SMILES string of the molecule is CCNCCCC(C)N(Cc1ccco1)C1CC1. The molecule has 0 aromatic carbocycles. The summed E-state index contributed by atoms with van der Waals surface area (Å²) in [6, 6.07) is 5.52. The largest absolute Gasteiger partial charge is 0.468 e. The molecule has 0 saturated heterocycles. The Bertz CT molecular complexity index is 319. The van der Waals surface area contributed by atoms with Gasteiger partial charge in [0.15, 0.2) is 0 Å². The molecule has 18 heavy (non-hydrogen) atoms. The highest BCUT2D eigenvalue weighted by atomic mass is 16.3. The third-order valence-corrected chi connectivity index (χ3v) is 3.73. The first-order chi connectivity index (χ1) is 8.81. The van der Waals surface area contributed by atoms with Gasteiger partial charge in [-0.25, -0.2) is 0 Å². The Hall–Kier alpha value is -0.800. The molecule has 1 unspecified atom stereocenters. The molecule has 3 heteroatoms. The number of rotatable bonds is 9. The summed E-state index contributed by atoms with van der Waals surface area (Å²) >= 11 is 0. The molecule has 0 bridgehead atoms. The van der Waals surface area contributed by atoms with Gasteiger partial charge in [-0.2, -0.15) is 0 Å². The number of furan rings is 1. The third-order valence-electron chi connectivity index (χ3n) is 3.73. The lowest BCUT2D eigenvalue weighted by molar-refractivity contribution is 0.165. The predicted molar refractivity (Wildman–Crippen MR) is 74.5 cm³/mol. The van der Waals surface area contributed by atoms with Crippen LogP contribution in [0, 0.1) is 0 Å². The molecule has 2 rings (SSSR count). The van der Waals surface area contributed by atoms with E-state index < -0.39 is 0 Å². The van der Waals surface area contributed by atoms with E-state index in [9.17, 15) is 0 Å². The monoisotopic (exact) mass is 250 g/mol. The second kappa shape index (κ2) is 6.95. The summed E-state index contributed by atoms with van der Waals surface area (Å²) in [7, 11) is 0. The first-order valence-corrected chi connectivity index (χ1v) is 7.30. The van der Waals surface area contributed by atoms with Crippen molar-refractivity contribution in [1.29, 1.82) is 0 Å². The van der Waals surface area contributed by atoms with Gasteiger partial charge in [0, 0.05) is 12.1 Å². The van der Waals surface area contributed by atoms with Gasteiger partial charge in [-0.3, -0.25) is 4.90 Å². The highest BCUT2D eigenvalue weighted by molar-refractivity contribution is 5.00. The molecule has 102 valence electrons. The smallest absolute Gasteiger partial charge is 0.117 e. The highest BCUT2D eigenvalue weighted by Crippen LogP contribution is 2.31. The first-order valence-electron chi connectivity index (χ1n) is 7.30. The zero-order valence-electron chi connectivity index (χ0n) is 11.7. The summed E-state index contributed by atoms with van der Waals surface area (Å²) < 4.78 is 5.48. The third kappa shape index (κ3) is 4.14. The number of hydrogen-bond acceptors (Lipinski definition) is 3. The van der Waals surface area contributed by atoms with E-state index in [1.54, 1.807) is 6.26 Å². The van der Waals surface area contributed by atoms with Crippen molar-refractivity contribution in [1.82, 2.24) is 10.2 Å². The van der Waals surface area contributed by atoms with E-state index >= 15 is 0 Å². The number of hydrogen-bond donors (Lipinski definition) is 1. The normalized spacial score (nSPS) is 17.3. The van der Waals surface area contributed by atoms with Crippen molar-refractivity contribution >= 4 is 0 Å². The van der Waals surface area contributed by atoms with Crippen LogP contribution < -0.4 is 5.32 Å². The van der Waals surface area contributed by atoms with Gasteiger partial charge in [-0.1, -0.05) is 6.92 Å². The molecular weight excluding hydrogens is 224 g/mol. The molecule has 1 fully saturated rings. The lowest BCUT2D eigenvalue weighted by Crippen LogP contribution is -2.35. The van der Waals surface area contributed by atoms with Crippen molar-refractivity contribution in [3.05, 3.63) is 24.2 Å². The molecule has 3 nitrogen and oxygen atoms in total. The van der Waals surface area contributed by atoms with Crippen LogP contribution in [0.2, 0.25) is 0 Å². The molecule has 1 N–H and O–H groups in total. The predicted octanol–water partition coefficient (Wildman–Crippen LogP) is 3.02. The summed E-state index contributed by atoms with van der Waals surface area (Å²) in [5, 5.41) is 3.40. The minimum absolute atomic E-state index is 0.654. The fraction of sp³-hybridized carbons (Fsp3) is 0.733. The summed E-state index contributed by atoms with van der Waals surface area (Å²) in [5.74, 6) is 1.10. The second-order valence-corrected chi connectivity index (χ2v) is 5.33. The van der Waals surface area contributed by atoms with E-state index in [0.29, 0.717) is 6.04 Å². The summed E-state index contributed by atoms with van der Waals surface area (Å²) in [6.45, 7) is 7.71. The first kappa shape index (κ1) is 13.6. The van der Waals surface area contributed by atoms with E-state index in [4.69, 9.17) is 4.42 Å². The van der Waals surface area contributed by atoms with Gasteiger partial charge in [-0.15, -0.1) is 0 Å². The molecule has 1 aliphatic carbocycles. The molecule has 0 amide bonds. The maximum absolute atomic E-state index is 5.48. The molecule has 0 radical (unpaired) electrons. The Morgan fingerprint density at radius 3 is 2.94 bits per heavy atom. The van der Waals surface area contributed by atoms with Crippen LogP contribution in [0.15, 0.2) is 22.8 Å². The maximum Gasteiger partial charge on any atom is 0.117 e. The van der Waals surface area contributed by atoms with Crippen LogP contribution >= 0.6 is 0 Å². The van der Waals surface area contributed by atoms with E-state index in [1.165, 1.54) is 25.7 Å². The fourth-order valence-corrected chi connectivity index (χ4v) is 2.50. The van der Waals surface area contributed by atoms with Crippen molar-refractivity contribution in [2.45, 2.75) is 58.2 Å². The minimum Gasteiger partial charge on any atom is -0.468 e. The Morgan fingerprint density at radius 1 is 1.50 bits per heavy atom. The Kier molecular flexibility index (Phi) is 5.26. The highest BCUT2D eigenvalue weighted by Gasteiger charge is 2.32. The maximum atomic E-state index is 5.48. The molecule has 0 spiro atoms. The zero-order chi connectivity index (χ0) is 12.8. The molecular formula is C15H26N2O. The van der Waals surface area contributed by atoms with Gasteiger partial charge in [-0.05, 0) is 57.8 Å². The molecule has 1 aromatic rings. The zero-order valence-corrected chi connectivity index (χ0v) is 11.7. The molecule has 1 atom stereocenters. The topological polar surface area (TPSA) is 28.4 Å². The Balaban J connectivity index is 1.77. The summed E-state index contributed by atoms with van der Waals surface area (Å²) in [5.41, 5.74) is 0. The van der Waals surface area contributed by atoms with Gasteiger partial charge in [0.2, 0.25) is 0 Å². The van der Waals surface area contributed by atoms with Crippen molar-refractivity contribution < 1.29 is 4.42 Å². The van der Waals surface area contributed by atoms with Gasteiger partial charge in [0.05, 0.1) is 12.8 Å². The fourth-order valence-electron chi connectivity index (χ4n) is 2.50. The summed E-state index contributed by atoms with van der Waals surface area (Å²) in [4.78, 5) is 2.62. The van der Waals surface area contributed by atoms with Crippen LogP contribution in [0.25, 0.3) is 0 Å². The second-order valence-electron chi connectivity index (χ2n) is 5.33. The van der Waals surface area contributed by atoms with Crippen molar-refractivity contribution in [2.24, 2.45) is 0 Å². The Labute approximate surface area is 111 Å². The van der Waals surface area contributed by atoms with Crippen molar-refractivity contribution in [3.8, 4) is 0 Å². The lowest BCUT2D eigenvalue weighted by Gasteiger charge is -2.28. The van der Waals surface area contributed by atoms with Crippen LogP contribution in [0.1, 0.15) is 45.3 Å². The van der Waals surface area contributed by atoms with Gasteiger partial charge in [0.25, 0.3) is 0 Å². The molecule has 1 aliphatic rings. The van der Waals surface area contributed by atoms with Crippen molar-refractivity contribution in [3.63, 3.8) is 0 Å². The van der Waals surface area contributed by atoms with Crippen LogP contribution in [-0.4, -0.2) is 30.1 Å². The van der Waals surface area contributed by atoms with Crippen LogP contribution in [-0.2, 0) is 6.54 Å². The van der Waals surface area contributed by atoms with Crippen LogP contribution in [0.3, 0.4) is 0 Å². The van der Waals surface area contributed by atoms with E-state index in [0.717, 1.165) is 31.4 Å². The average Bonchev–Trinajstić information content (AvgIpc) is 3.08. The number of nitrogens with zero attached hydrogens (tertiary/aromatic N) is 1. The Morgan fingerprint density at radius 2 is 2.33 bits per heavy atom. The standard InChI is InChI=1S/C15H26N2O/c1-3-16-10-4-6-13(2)17(14-8-9-14)12-15-7-5-11-18-15/h5,7,11,13-14,16H,3-4,6,8-10,12H2,1-2H3. The number of nitrogens with one attached hydrogen (secondary N) is 1. The molecule has 1 saturated carbocycles.